The van der Waals surface area contributed by atoms with Crippen LogP contribution in [0, 0.1) is 0 Å². The first-order chi connectivity index (χ1) is 9.63. The summed E-state index contributed by atoms with van der Waals surface area (Å²) in [6, 6.07) is 7.32. The number of fused-ring (bicyclic) bond motifs is 3. The number of halogens is 2. The molecule has 0 fully saturated rings. The predicted octanol–water partition coefficient (Wildman–Crippen LogP) is 3.37. The van der Waals surface area contributed by atoms with Crippen LogP contribution in [-0.2, 0) is 4.74 Å². The average Bonchev–Trinajstić information content (AvgIpc) is 2.78. The van der Waals surface area contributed by atoms with Gasteiger partial charge in [0.2, 0.25) is 5.28 Å². The normalized spacial score (nSPS) is 11.2. The molecule has 0 unspecified atom stereocenters. The van der Waals surface area contributed by atoms with E-state index < -0.39 is 5.97 Å². The van der Waals surface area contributed by atoms with Gasteiger partial charge in [-0.15, -0.1) is 0 Å². The molecule has 0 aliphatic heterocycles. The van der Waals surface area contributed by atoms with E-state index in [1.165, 1.54) is 0 Å². The van der Waals surface area contributed by atoms with Crippen LogP contribution < -0.4 is 0 Å². The fourth-order valence-corrected chi connectivity index (χ4v) is 2.58. The van der Waals surface area contributed by atoms with Gasteiger partial charge < -0.3 is 4.74 Å². The van der Waals surface area contributed by atoms with Crippen molar-refractivity contribution in [3.63, 3.8) is 0 Å². The maximum Gasteiger partial charge on any atom is 0.359 e. The quantitative estimate of drug-likeness (QED) is 0.681. The molecule has 20 heavy (non-hydrogen) atoms. The minimum atomic E-state index is -0.573. The Morgan fingerprint density at radius 1 is 1.30 bits per heavy atom. The zero-order chi connectivity index (χ0) is 14.3. The van der Waals surface area contributed by atoms with Gasteiger partial charge in [0.1, 0.15) is 5.52 Å². The van der Waals surface area contributed by atoms with Crippen molar-refractivity contribution in [3.8, 4) is 0 Å². The second kappa shape index (κ2) is 4.92. The van der Waals surface area contributed by atoms with Crippen molar-refractivity contribution in [2.45, 2.75) is 6.92 Å². The molecule has 0 saturated heterocycles. The Kier molecular flexibility index (Phi) is 3.23. The third-order valence-corrected chi connectivity index (χ3v) is 3.36. The number of hydrogen-bond acceptors (Lipinski definition) is 4. The number of carbonyl (C=O) groups is 1. The lowest BCUT2D eigenvalue weighted by atomic mass is 10.3. The lowest BCUT2D eigenvalue weighted by molar-refractivity contribution is 0.0522. The minimum Gasteiger partial charge on any atom is -0.461 e. The number of imidazole rings is 1. The van der Waals surface area contributed by atoms with E-state index in [-0.39, 0.29) is 22.7 Å². The molecular weight excluding hydrogens is 301 g/mol. The monoisotopic (exact) mass is 309 g/mol. The van der Waals surface area contributed by atoms with Gasteiger partial charge >= 0.3 is 5.97 Å². The highest BCUT2D eigenvalue weighted by Gasteiger charge is 2.22. The molecule has 0 atom stereocenters. The fourth-order valence-electron chi connectivity index (χ4n) is 2.05. The molecule has 0 saturated carbocycles. The molecule has 2 heterocycles. The highest BCUT2D eigenvalue weighted by molar-refractivity contribution is 6.35. The summed E-state index contributed by atoms with van der Waals surface area (Å²) < 4.78 is 6.55. The number of carbonyl (C=O) groups excluding carboxylic acids is 1. The van der Waals surface area contributed by atoms with Crippen molar-refractivity contribution < 1.29 is 9.53 Å². The highest BCUT2D eigenvalue weighted by atomic mass is 35.5. The van der Waals surface area contributed by atoms with Crippen molar-refractivity contribution in [2.75, 3.05) is 6.61 Å². The molecule has 0 radical (unpaired) electrons. The molecule has 0 spiro atoms. The van der Waals surface area contributed by atoms with E-state index in [0.717, 1.165) is 5.52 Å². The minimum absolute atomic E-state index is 0.0695. The number of esters is 1. The van der Waals surface area contributed by atoms with E-state index in [2.05, 4.69) is 9.97 Å². The molecule has 0 amide bonds. The summed E-state index contributed by atoms with van der Waals surface area (Å²) in [5, 5.41) is 0.301. The Balaban J connectivity index is 2.42. The Labute approximate surface area is 124 Å². The topological polar surface area (TPSA) is 56.5 Å². The molecule has 3 aromatic rings. The second-order valence-corrected chi connectivity index (χ2v) is 4.72. The molecule has 5 nitrogen and oxygen atoms in total. The van der Waals surface area contributed by atoms with E-state index in [1.807, 2.05) is 18.2 Å². The van der Waals surface area contributed by atoms with E-state index in [1.54, 1.807) is 17.4 Å². The first-order valence-corrected chi connectivity index (χ1v) is 6.68. The van der Waals surface area contributed by atoms with Crippen LogP contribution in [0.3, 0.4) is 0 Å². The summed E-state index contributed by atoms with van der Waals surface area (Å²) >= 11 is 12.3. The van der Waals surface area contributed by atoms with Gasteiger partial charge in [0.25, 0.3) is 0 Å². The molecular formula is C13H9Cl2N3O2. The lowest BCUT2D eigenvalue weighted by Crippen LogP contribution is -2.06. The van der Waals surface area contributed by atoms with E-state index in [0.29, 0.717) is 11.0 Å². The maximum atomic E-state index is 11.9. The van der Waals surface area contributed by atoms with Crippen LogP contribution in [0.5, 0.6) is 0 Å². The zero-order valence-electron chi connectivity index (χ0n) is 10.4. The molecule has 3 rings (SSSR count). The molecule has 0 N–H and O–H groups in total. The van der Waals surface area contributed by atoms with Gasteiger partial charge in [0, 0.05) is 0 Å². The molecule has 0 bridgehead atoms. The smallest absolute Gasteiger partial charge is 0.359 e. The average molecular weight is 310 g/mol. The number of nitrogens with zero attached hydrogens (tertiary/aromatic N) is 3. The van der Waals surface area contributed by atoms with Crippen molar-refractivity contribution in [1.82, 2.24) is 14.4 Å². The largest absolute Gasteiger partial charge is 0.461 e. The van der Waals surface area contributed by atoms with Gasteiger partial charge in [-0.05, 0) is 30.7 Å². The molecule has 1 aromatic carbocycles. The van der Waals surface area contributed by atoms with Crippen LogP contribution in [0.4, 0.5) is 0 Å². The first-order valence-electron chi connectivity index (χ1n) is 5.92. The number of aromatic nitrogens is 3. The zero-order valence-corrected chi connectivity index (χ0v) is 11.9. The Morgan fingerprint density at radius 2 is 2.05 bits per heavy atom. The van der Waals surface area contributed by atoms with E-state index in [9.17, 15) is 4.79 Å². The van der Waals surface area contributed by atoms with Crippen molar-refractivity contribution in [2.24, 2.45) is 0 Å². The van der Waals surface area contributed by atoms with Gasteiger partial charge in [-0.3, -0.25) is 4.40 Å². The fraction of sp³-hybridized carbons (Fsp3) is 0.154. The summed E-state index contributed by atoms with van der Waals surface area (Å²) in [5.41, 5.74) is 1.81. The van der Waals surface area contributed by atoms with Crippen LogP contribution in [0.1, 0.15) is 17.4 Å². The number of para-hydroxylation sites is 2. The van der Waals surface area contributed by atoms with Crippen LogP contribution in [0.25, 0.3) is 16.6 Å². The standard InChI is InChI=1S/C13H9Cl2N3O2/c1-2-20-12(19)9-10-11(14)16-7-5-3-4-6-8(7)18(10)13(15)17-9/h3-6H,2H2,1H3. The van der Waals surface area contributed by atoms with Crippen molar-refractivity contribution >= 4 is 45.7 Å². The Hall–Kier alpha value is -1.85. The maximum absolute atomic E-state index is 11.9. The lowest BCUT2D eigenvalue weighted by Gasteiger charge is -2.05. The van der Waals surface area contributed by atoms with Gasteiger partial charge in [-0.1, -0.05) is 23.7 Å². The molecule has 0 aliphatic rings. The van der Waals surface area contributed by atoms with E-state index in [4.69, 9.17) is 27.9 Å². The second-order valence-electron chi connectivity index (χ2n) is 4.03. The summed E-state index contributed by atoms with van der Waals surface area (Å²) in [7, 11) is 0. The molecule has 7 heteroatoms. The van der Waals surface area contributed by atoms with E-state index >= 15 is 0 Å². The van der Waals surface area contributed by atoms with Gasteiger partial charge in [-0.2, -0.15) is 0 Å². The third-order valence-electron chi connectivity index (χ3n) is 2.84. The summed E-state index contributed by atoms with van der Waals surface area (Å²) in [4.78, 5) is 20.2. The van der Waals surface area contributed by atoms with Crippen LogP contribution in [0.2, 0.25) is 10.4 Å². The number of benzene rings is 1. The summed E-state index contributed by atoms with van der Waals surface area (Å²) in [5.74, 6) is -0.573. The number of rotatable bonds is 2. The SMILES string of the molecule is CCOC(=O)c1nc(Cl)n2c1c(Cl)nc1ccccc12. The molecule has 102 valence electrons. The Bertz CT molecular complexity index is 829. The van der Waals surface area contributed by atoms with Gasteiger partial charge in [-0.25, -0.2) is 14.8 Å². The van der Waals surface area contributed by atoms with Crippen molar-refractivity contribution in [1.29, 1.82) is 0 Å². The highest BCUT2D eigenvalue weighted by Crippen LogP contribution is 2.28. The van der Waals surface area contributed by atoms with Crippen molar-refractivity contribution in [3.05, 3.63) is 40.4 Å². The van der Waals surface area contributed by atoms with Gasteiger partial charge in [0.15, 0.2) is 10.8 Å². The van der Waals surface area contributed by atoms with Crippen LogP contribution in [0.15, 0.2) is 24.3 Å². The Morgan fingerprint density at radius 3 is 2.80 bits per heavy atom. The number of ether oxygens (including phenoxy) is 1. The van der Waals surface area contributed by atoms with Crippen LogP contribution >= 0.6 is 23.2 Å². The summed E-state index contributed by atoms with van der Waals surface area (Å²) in [6.45, 7) is 1.96. The first kappa shape index (κ1) is 13.1. The third kappa shape index (κ3) is 1.90. The van der Waals surface area contributed by atoms with Gasteiger partial charge in [0.05, 0.1) is 17.6 Å². The van der Waals surface area contributed by atoms with Crippen LogP contribution in [-0.4, -0.2) is 26.9 Å². The molecule has 2 aromatic heterocycles. The molecule has 0 aliphatic carbocycles. The summed E-state index contributed by atoms with van der Waals surface area (Å²) in [6.07, 6.45) is 0. The predicted molar refractivity (Wildman–Crippen MR) is 76.5 cm³/mol. The number of hydrogen-bond donors (Lipinski definition) is 0.